The average molecular weight is 530 g/mol. The minimum absolute atomic E-state index is 0.00765. The van der Waals surface area contributed by atoms with E-state index >= 15 is 0 Å². The molecule has 8 heteroatoms. The molecule has 3 heterocycles. The van der Waals surface area contributed by atoms with E-state index < -0.39 is 33.4 Å². The van der Waals surface area contributed by atoms with E-state index in [1.807, 2.05) is 37.3 Å². The van der Waals surface area contributed by atoms with Crippen LogP contribution in [0.25, 0.3) is 0 Å². The number of rotatable bonds is 11. The van der Waals surface area contributed by atoms with Crippen LogP contribution in [-0.4, -0.2) is 62.0 Å². The highest BCUT2D eigenvalue weighted by molar-refractivity contribution is 8.02. The number of hydrogen-bond acceptors (Lipinski definition) is 5. The van der Waals surface area contributed by atoms with Crippen molar-refractivity contribution < 1.29 is 19.5 Å². The fourth-order valence-corrected chi connectivity index (χ4v) is 9.34. The molecule has 7 atom stereocenters. The van der Waals surface area contributed by atoms with E-state index in [4.69, 9.17) is 0 Å². The number of nitrogens with zero attached hydrogens (tertiary/aromatic N) is 1. The quantitative estimate of drug-likeness (QED) is 0.408. The molecule has 2 bridgehead atoms. The minimum Gasteiger partial charge on any atom is -0.394 e. The lowest BCUT2D eigenvalue weighted by molar-refractivity contribution is -0.143. The third-order valence-electron chi connectivity index (χ3n) is 8.51. The van der Waals surface area contributed by atoms with Gasteiger partial charge in [-0.25, -0.2) is 0 Å². The van der Waals surface area contributed by atoms with Crippen molar-refractivity contribution in [1.29, 1.82) is 0 Å². The van der Waals surface area contributed by atoms with Crippen molar-refractivity contribution in [3.05, 3.63) is 35.9 Å². The molecule has 3 unspecified atom stereocenters. The molecule has 3 amide bonds. The lowest BCUT2D eigenvalue weighted by atomic mass is 9.66. The van der Waals surface area contributed by atoms with E-state index in [1.165, 1.54) is 0 Å². The first-order chi connectivity index (χ1) is 17.6. The first-order valence-corrected chi connectivity index (χ1v) is 14.6. The van der Waals surface area contributed by atoms with E-state index in [-0.39, 0.29) is 36.3 Å². The van der Waals surface area contributed by atoms with Gasteiger partial charge in [0, 0.05) is 17.3 Å². The van der Waals surface area contributed by atoms with Gasteiger partial charge >= 0.3 is 0 Å². The van der Waals surface area contributed by atoms with Crippen molar-refractivity contribution in [2.45, 2.75) is 101 Å². The van der Waals surface area contributed by atoms with Gasteiger partial charge in [-0.05, 0) is 51.0 Å². The molecule has 0 saturated carbocycles. The van der Waals surface area contributed by atoms with Gasteiger partial charge in [-0.1, -0.05) is 57.5 Å². The Bertz CT molecular complexity index is 1000. The van der Waals surface area contributed by atoms with Crippen molar-refractivity contribution >= 4 is 29.5 Å². The molecule has 37 heavy (non-hydrogen) atoms. The van der Waals surface area contributed by atoms with Crippen LogP contribution in [0, 0.1) is 17.8 Å². The second-order valence-corrected chi connectivity index (χ2v) is 13.7. The monoisotopic (exact) mass is 529 g/mol. The fourth-order valence-electron chi connectivity index (χ4n) is 7.00. The highest BCUT2D eigenvalue weighted by atomic mass is 32.2. The Kier molecular flexibility index (Phi) is 8.29. The molecule has 4 rings (SSSR count). The van der Waals surface area contributed by atoms with E-state index in [0.717, 1.165) is 24.8 Å². The first kappa shape index (κ1) is 28.0. The van der Waals surface area contributed by atoms with Crippen molar-refractivity contribution in [2.24, 2.45) is 17.8 Å². The van der Waals surface area contributed by atoms with Gasteiger partial charge in [0.2, 0.25) is 17.7 Å². The van der Waals surface area contributed by atoms with Gasteiger partial charge in [0.15, 0.2) is 0 Å². The number of aliphatic hydroxyl groups excluding tert-OH is 1. The van der Waals surface area contributed by atoms with E-state index in [9.17, 15) is 19.5 Å². The Morgan fingerprint density at radius 1 is 1.16 bits per heavy atom. The molecular weight excluding hydrogens is 486 g/mol. The molecule has 1 aromatic rings. The van der Waals surface area contributed by atoms with Crippen LogP contribution >= 0.6 is 11.8 Å². The Morgan fingerprint density at radius 3 is 2.49 bits per heavy atom. The average Bonchev–Trinajstić information content (AvgIpc) is 3.42. The van der Waals surface area contributed by atoms with E-state index in [1.54, 1.807) is 16.7 Å². The maximum atomic E-state index is 14.3. The molecule has 3 saturated heterocycles. The summed E-state index contributed by atoms with van der Waals surface area (Å²) in [6, 6.07) is 8.60. The van der Waals surface area contributed by atoms with Crippen LogP contribution in [-0.2, 0) is 20.9 Å². The standard InChI is InChI=1S/C29H43N3O4S/c1-6-10-19(4)31-26(35)24-29-14-13-28(5,37-29)22(25(34)30-16-20-11-8-7-9-12-20)23(29)27(36)32(24)21(17-33)15-18(2)3/h7-9,11-12,18-19,21-24,33H,6,10,13-17H2,1-5H3,(H,30,34)(H,31,35)/t19?,21-,22-,23+,24?,28+,29?/m1/s1. The zero-order chi connectivity index (χ0) is 27.0. The number of carbonyl (C=O) groups excluding carboxylic acids is 3. The molecule has 0 aromatic heterocycles. The summed E-state index contributed by atoms with van der Waals surface area (Å²) in [5.41, 5.74) is 1.00. The predicted molar refractivity (Wildman–Crippen MR) is 147 cm³/mol. The molecule has 3 N–H and O–H groups in total. The number of nitrogens with one attached hydrogen (secondary N) is 2. The van der Waals surface area contributed by atoms with Gasteiger partial charge in [0.1, 0.15) is 6.04 Å². The van der Waals surface area contributed by atoms with Gasteiger partial charge in [0.05, 0.1) is 29.2 Å². The molecule has 1 aromatic carbocycles. The Morgan fingerprint density at radius 2 is 1.86 bits per heavy atom. The lowest BCUT2D eigenvalue weighted by Gasteiger charge is -2.38. The largest absolute Gasteiger partial charge is 0.394 e. The normalized spacial score (nSPS) is 31.9. The minimum atomic E-state index is -0.695. The highest BCUT2D eigenvalue weighted by Crippen LogP contribution is 2.71. The van der Waals surface area contributed by atoms with Crippen molar-refractivity contribution in [1.82, 2.24) is 15.5 Å². The Labute approximate surface area is 225 Å². The number of likely N-dealkylation sites (tertiary alicyclic amines) is 1. The zero-order valence-corrected chi connectivity index (χ0v) is 23.6. The van der Waals surface area contributed by atoms with Crippen molar-refractivity contribution in [3.8, 4) is 0 Å². The third-order valence-corrected chi connectivity index (χ3v) is 10.5. The van der Waals surface area contributed by atoms with Gasteiger partial charge in [-0.15, -0.1) is 11.8 Å². The Hall–Kier alpha value is -2.06. The van der Waals surface area contributed by atoms with Crippen LogP contribution in [0.3, 0.4) is 0 Å². The van der Waals surface area contributed by atoms with Crippen LogP contribution in [0.2, 0.25) is 0 Å². The number of hydrogen-bond donors (Lipinski definition) is 3. The zero-order valence-electron chi connectivity index (χ0n) is 22.8. The second kappa shape index (κ2) is 11.0. The number of fused-ring (bicyclic) bond motifs is 1. The summed E-state index contributed by atoms with van der Waals surface area (Å²) in [6.07, 6.45) is 3.90. The highest BCUT2D eigenvalue weighted by Gasteiger charge is 2.77. The first-order valence-electron chi connectivity index (χ1n) is 13.8. The summed E-state index contributed by atoms with van der Waals surface area (Å²) in [4.78, 5) is 43.6. The summed E-state index contributed by atoms with van der Waals surface area (Å²) >= 11 is 1.68. The third kappa shape index (κ3) is 5.03. The van der Waals surface area contributed by atoms with Crippen LogP contribution < -0.4 is 10.6 Å². The number of benzene rings is 1. The SMILES string of the molecule is CCCC(C)NC(=O)C1N([C@@H](CO)CC(C)C)C(=O)[C@@H]2[C@H](C(=O)NCc3ccccc3)[C@]3(C)CCC12S3. The van der Waals surface area contributed by atoms with Gasteiger partial charge in [-0.2, -0.15) is 0 Å². The second-order valence-electron chi connectivity index (χ2n) is 11.8. The molecular formula is C29H43N3O4S. The fraction of sp³-hybridized carbons (Fsp3) is 0.690. The van der Waals surface area contributed by atoms with Crippen LogP contribution in [0.4, 0.5) is 0 Å². The van der Waals surface area contributed by atoms with Crippen LogP contribution in [0.1, 0.15) is 72.3 Å². The summed E-state index contributed by atoms with van der Waals surface area (Å²) in [5.74, 6) is -1.28. The maximum absolute atomic E-state index is 14.3. The van der Waals surface area contributed by atoms with Crippen molar-refractivity contribution in [2.75, 3.05) is 6.61 Å². The molecule has 3 aliphatic rings. The topological polar surface area (TPSA) is 98.7 Å². The molecule has 3 fully saturated rings. The summed E-state index contributed by atoms with van der Waals surface area (Å²) in [5, 5.41) is 16.6. The number of amides is 3. The smallest absolute Gasteiger partial charge is 0.244 e. The van der Waals surface area contributed by atoms with Crippen LogP contribution in [0.15, 0.2) is 30.3 Å². The predicted octanol–water partition coefficient (Wildman–Crippen LogP) is 3.50. The number of carbonyl (C=O) groups is 3. The van der Waals surface area contributed by atoms with E-state index in [0.29, 0.717) is 19.4 Å². The molecule has 1 spiro atoms. The van der Waals surface area contributed by atoms with Gasteiger partial charge in [-0.3, -0.25) is 14.4 Å². The molecule has 7 nitrogen and oxygen atoms in total. The Balaban J connectivity index is 1.68. The molecule has 3 aliphatic heterocycles. The van der Waals surface area contributed by atoms with E-state index in [2.05, 4.69) is 38.3 Å². The van der Waals surface area contributed by atoms with Crippen LogP contribution in [0.5, 0.6) is 0 Å². The van der Waals surface area contributed by atoms with Crippen molar-refractivity contribution in [3.63, 3.8) is 0 Å². The summed E-state index contributed by atoms with van der Waals surface area (Å²) < 4.78 is -1.07. The number of aliphatic hydroxyl groups is 1. The summed E-state index contributed by atoms with van der Waals surface area (Å²) in [7, 11) is 0. The molecule has 204 valence electrons. The van der Waals surface area contributed by atoms with Gasteiger partial charge < -0.3 is 20.6 Å². The maximum Gasteiger partial charge on any atom is 0.244 e. The summed E-state index contributed by atoms with van der Waals surface area (Å²) in [6.45, 7) is 10.5. The lowest BCUT2D eigenvalue weighted by Crippen LogP contribution is -2.57. The molecule has 0 radical (unpaired) electrons. The molecule has 0 aliphatic carbocycles. The van der Waals surface area contributed by atoms with Gasteiger partial charge in [0.25, 0.3) is 0 Å². The number of thioether (sulfide) groups is 1.